The smallest absolute Gasteiger partial charge is 0.166 e. The average molecular weight is 511 g/mol. The van der Waals surface area contributed by atoms with Crippen LogP contribution in [0, 0.1) is 11.3 Å². The second kappa shape index (κ2) is 11.1. The maximum absolute atomic E-state index is 9.15. The van der Waals surface area contributed by atoms with Crippen molar-refractivity contribution in [1.82, 2.24) is 19.3 Å². The summed E-state index contributed by atoms with van der Waals surface area (Å²) >= 11 is 0. The third-order valence-corrected chi connectivity index (χ3v) is 7.14. The molecule has 1 aromatic carbocycles. The molecule has 1 saturated heterocycles. The Hall–Kier alpha value is -4.13. The van der Waals surface area contributed by atoms with Crippen LogP contribution in [0.4, 0.5) is 11.5 Å². The van der Waals surface area contributed by atoms with Crippen LogP contribution in [-0.2, 0) is 0 Å². The number of nitrogens with two attached hydrogens (primary N) is 2. The fourth-order valence-electron chi connectivity index (χ4n) is 4.86. The number of ether oxygens (including phenoxy) is 1. The van der Waals surface area contributed by atoms with Gasteiger partial charge in [0.25, 0.3) is 0 Å². The normalized spacial score (nSPS) is 15.4. The second-order valence-electron chi connectivity index (χ2n) is 9.95. The highest BCUT2D eigenvalue weighted by Crippen LogP contribution is 2.39. The van der Waals surface area contributed by atoms with E-state index in [2.05, 4.69) is 28.0 Å². The van der Waals surface area contributed by atoms with Crippen LogP contribution >= 0.6 is 0 Å². The maximum atomic E-state index is 9.15. The van der Waals surface area contributed by atoms with Gasteiger partial charge in [-0.3, -0.25) is 9.41 Å². The van der Waals surface area contributed by atoms with Crippen molar-refractivity contribution in [3.8, 4) is 34.2 Å². The van der Waals surface area contributed by atoms with E-state index in [0.29, 0.717) is 28.9 Å². The Labute approximate surface area is 223 Å². The number of imidazole rings is 1. The van der Waals surface area contributed by atoms with Crippen LogP contribution in [0.15, 0.2) is 55.1 Å². The predicted molar refractivity (Wildman–Crippen MR) is 151 cm³/mol. The molecule has 1 saturated carbocycles. The number of rotatable bonds is 5. The molecule has 4 heterocycles. The molecule has 196 valence electrons. The Balaban J connectivity index is 0.000000366. The molecule has 1 aliphatic heterocycles. The van der Waals surface area contributed by atoms with Gasteiger partial charge in [-0.15, -0.1) is 0 Å². The Kier molecular flexibility index (Phi) is 7.45. The van der Waals surface area contributed by atoms with Gasteiger partial charge in [-0.1, -0.05) is 18.6 Å². The fraction of sp³-hybridized carbons (Fsp3) is 0.345. The summed E-state index contributed by atoms with van der Waals surface area (Å²) in [7, 11) is 3.83. The van der Waals surface area contributed by atoms with Crippen molar-refractivity contribution < 1.29 is 4.74 Å². The van der Waals surface area contributed by atoms with Gasteiger partial charge in [0.2, 0.25) is 0 Å². The summed E-state index contributed by atoms with van der Waals surface area (Å²) in [5.41, 5.74) is 11.8. The van der Waals surface area contributed by atoms with Gasteiger partial charge < -0.3 is 15.4 Å². The summed E-state index contributed by atoms with van der Waals surface area (Å²) in [6, 6.07) is 13.7. The summed E-state index contributed by atoms with van der Waals surface area (Å²) in [5.74, 6) is 7.46. The number of hydrogen-bond acceptors (Lipinski definition) is 8. The number of nitriles is 1. The number of pyridine rings is 2. The van der Waals surface area contributed by atoms with E-state index in [9.17, 15) is 0 Å². The van der Waals surface area contributed by atoms with Crippen LogP contribution in [0.3, 0.4) is 0 Å². The molecule has 3 aromatic heterocycles. The summed E-state index contributed by atoms with van der Waals surface area (Å²) in [4.78, 5) is 11.3. The highest BCUT2D eigenvalue weighted by atomic mass is 16.5. The van der Waals surface area contributed by atoms with Crippen molar-refractivity contribution in [2.24, 2.45) is 5.84 Å². The number of hydrogen-bond donors (Lipinski definition) is 2. The molecular weight excluding hydrogens is 476 g/mol. The minimum atomic E-state index is 0.302. The van der Waals surface area contributed by atoms with Crippen LogP contribution in [0.2, 0.25) is 0 Å². The van der Waals surface area contributed by atoms with E-state index in [1.165, 1.54) is 32.4 Å². The van der Waals surface area contributed by atoms with Crippen LogP contribution in [0.1, 0.15) is 37.7 Å². The van der Waals surface area contributed by atoms with Crippen LogP contribution in [0.5, 0.6) is 5.75 Å². The van der Waals surface area contributed by atoms with Crippen molar-refractivity contribution in [1.29, 1.82) is 5.26 Å². The van der Waals surface area contributed by atoms with Crippen LogP contribution in [0.25, 0.3) is 27.9 Å². The molecule has 9 heteroatoms. The molecule has 6 rings (SSSR count). The Bertz CT molecular complexity index is 1450. The van der Waals surface area contributed by atoms with Gasteiger partial charge in [-0.05, 0) is 75.6 Å². The first-order valence-electron chi connectivity index (χ1n) is 13.0. The first kappa shape index (κ1) is 25.5. The van der Waals surface area contributed by atoms with Crippen LogP contribution < -0.4 is 21.3 Å². The SMILES string of the molecule is CN1CCCCC1.COc1cc(-c2ccc(C#N)cc2)c(-c2cnc(N(N)C3CC3)c(N)c2)n2cncc12. The molecule has 4 N–H and O–H groups in total. The molecule has 4 aromatic rings. The molecule has 0 atom stereocenters. The molecule has 38 heavy (non-hydrogen) atoms. The second-order valence-corrected chi connectivity index (χ2v) is 9.95. The van der Waals surface area contributed by atoms with Crippen molar-refractivity contribution in [2.75, 3.05) is 38.0 Å². The lowest BCUT2D eigenvalue weighted by atomic mass is 9.98. The fourth-order valence-corrected chi connectivity index (χ4v) is 4.86. The van der Waals surface area contributed by atoms with Crippen LogP contribution in [-0.4, -0.2) is 52.6 Å². The molecule has 2 fully saturated rings. The van der Waals surface area contributed by atoms with Gasteiger partial charge in [0.1, 0.15) is 11.3 Å². The standard InChI is InChI=1S/C23H21N7O.C6H13N/c1-31-21-9-18(15-4-2-14(10-24)3-5-15)22(29-13-27-12-20(21)29)16-8-19(25)23(28-11-16)30(26)17-6-7-17;1-7-5-3-2-4-6-7/h2-5,8-9,11-13,17H,6-7,25-26H2,1H3;2-6H2,1H3. The quantitative estimate of drug-likeness (QED) is 0.298. The first-order chi connectivity index (χ1) is 18.5. The number of likely N-dealkylation sites (tertiary alicyclic amines) is 1. The van der Waals surface area contributed by atoms with Gasteiger partial charge in [0, 0.05) is 23.4 Å². The molecule has 9 nitrogen and oxygen atoms in total. The van der Waals surface area contributed by atoms with Crippen molar-refractivity contribution in [3.63, 3.8) is 0 Å². The molecule has 1 aliphatic carbocycles. The number of nitrogens with zero attached hydrogens (tertiary/aromatic N) is 6. The van der Waals surface area contributed by atoms with Gasteiger partial charge >= 0.3 is 0 Å². The third-order valence-electron chi connectivity index (χ3n) is 7.14. The topological polar surface area (TPSA) is 122 Å². The Morgan fingerprint density at radius 1 is 1.05 bits per heavy atom. The maximum Gasteiger partial charge on any atom is 0.166 e. The molecule has 2 aliphatic rings. The van der Waals surface area contributed by atoms with Gasteiger partial charge in [-0.25, -0.2) is 15.8 Å². The largest absolute Gasteiger partial charge is 0.494 e. The minimum Gasteiger partial charge on any atom is -0.494 e. The molecule has 0 bridgehead atoms. The van der Waals surface area contributed by atoms with Crippen molar-refractivity contribution >= 4 is 17.0 Å². The van der Waals surface area contributed by atoms with Gasteiger partial charge in [0.05, 0.1) is 42.6 Å². The van der Waals surface area contributed by atoms with Crippen molar-refractivity contribution in [2.45, 2.75) is 38.1 Å². The molecule has 0 spiro atoms. The molecular formula is C29H34N8O. The van der Waals surface area contributed by atoms with Gasteiger partial charge in [-0.2, -0.15) is 5.26 Å². The third kappa shape index (κ3) is 5.28. The Morgan fingerprint density at radius 2 is 1.79 bits per heavy atom. The highest BCUT2D eigenvalue weighted by Gasteiger charge is 2.29. The lowest BCUT2D eigenvalue weighted by Gasteiger charge is -2.20. The monoisotopic (exact) mass is 510 g/mol. The number of methoxy groups -OCH3 is 1. The average Bonchev–Trinajstić information content (AvgIpc) is 3.69. The molecule has 0 unspecified atom stereocenters. The predicted octanol–water partition coefficient (Wildman–Crippen LogP) is 4.47. The number of anilines is 2. The van der Waals surface area contributed by atoms with E-state index < -0.39 is 0 Å². The lowest BCUT2D eigenvalue weighted by Crippen LogP contribution is -2.34. The summed E-state index contributed by atoms with van der Waals surface area (Å²) in [6.45, 7) is 2.64. The number of hydrazine groups is 1. The van der Waals surface area contributed by atoms with Gasteiger partial charge in [0.15, 0.2) is 5.82 Å². The van der Waals surface area contributed by atoms with E-state index in [1.807, 2.05) is 28.7 Å². The van der Waals surface area contributed by atoms with E-state index in [-0.39, 0.29) is 0 Å². The summed E-state index contributed by atoms with van der Waals surface area (Å²) in [5, 5.41) is 10.8. The summed E-state index contributed by atoms with van der Waals surface area (Å²) in [6.07, 6.45) is 11.7. The zero-order valence-corrected chi connectivity index (χ0v) is 22.0. The highest BCUT2D eigenvalue weighted by molar-refractivity contribution is 5.87. The zero-order valence-electron chi connectivity index (χ0n) is 22.0. The number of aromatic nitrogens is 3. The number of nitrogen functional groups attached to an aromatic ring is 1. The van der Waals surface area contributed by atoms with E-state index in [1.54, 1.807) is 43.0 Å². The number of piperidine rings is 1. The van der Waals surface area contributed by atoms with Crippen molar-refractivity contribution in [3.05, 3.63) is 60.7 Å². The molecule has 0 amide bonds. The minimum absolute atomic E-state index is 0.302. The summed E-state index contributed by atoms with van der Waals surface area (Å²) < 4.78 is 7.58. The lowest BCUT2D eigenvalue weighted by molar-refractivity contribution is 0.277. The molecule has 0 radical (unpaired) electrons. The van der Waals surface area contributed by atoms with E-state index in [4.69, 9.17) is 21.6 Å². The van der Waals surface area contributed by atoms with E-state index in [0.717, 1.165) is 40.7 Å². The first-order valence-corrected chi connectivity index (χ1v) is 13.0. The number of fused-ring (bicyclic) bond motifs is 1. The Morgan fingerprint density at radius 3 is 2.37 bits per heavy atom. The van der Waals surface area contributed by atoms with E-state index >= 15 is 0 Å². The number of benzene rings is 1. The zero-order chi connectivity index (χ0) is 26.6.